The molecule has 0 atom stereocenters. The zero-order valence-electron chi connectivity index (χ0n) is 13.9. The molecule has 2 rings (SSSR count). The zero-order chi connectivity index (χ0) is 16.2. The molecule has 22 heavy (non-hydrogen) atoms. The molecule has 122 valence electrons. The van der Waals surface area contributed by atoms with Gasteiger partial charge in [-0.15, -0.1) is 0 Å². The number of carbonyl (C=O) groups is 1. The maximum Gasteiger partial charge on any atom is 0.408 e. The van der Waals surface area contributed by atoms with Crippen LogP contribution in [0.4, 0.5) is 4.79 Å². The molecule has 1 aliphatic rings. The van der Waals surface area contributed by atoms with E-state index in [1.165, 1.54) is 0 Å². The highest BCUT2D eigenvalue weighted by Gasteiger charge is 2.39. The SMILES string of the molecule is Cc1nccc(CNCC2(NC(=O)OC(C)(C)C)CCC2)n1. The maximum atomic E-state index is 12.0. The van der Waals surface area contributed by atoms with Gasteiger partial charge in [0.05, 0.1) is 11.2 Å². The van der Waals surface area contributed by atoms with Crippen LogP contribution in [0.1, 0.15) is 51.6 Å². The van der Waals surface area contributed by atoms with Crippen LogP contribution in [0, 0.1) is 6.92 Å². The summed E-state index contributed by atoms with van der Waals surface area (Å²) in [5, 5.41) is 6.41. The number of amides is 1. The fraction of sp³-hybridized carbons (Fsp3) is 0.688. The van der Waals surface area contributed by atoms with Crippen molar-refractivity contribution in [3.8, 4) is 0 Å². The van der Waals surface area contributed by atoms with Gasteiger partial charge >= 0.3 is 6.09 Å². The van der Waals surface area contributed by atoms with Gasteiger partial charge in [0.1, 0.15) is 11.4 Å². The minimum absolute atomic E-state index is 0.190. The first-order chi connectivity index (χ1) is 10.3. The summed E-state index contributed by atoms with van der Waals surface area (Å²) >= 11 is 0. The van der Waals surface area contributed by atoms with Crippen LogP contribution in [0.25, 0.3) is 0 Å². The van der Waals surface area contributed by atoms with E-state index < -0.39 is 5.60 Å². The summed E-state index contributed by atoms with van der Waals surface area (Å²) < 4.78 is 5.35. The second kappa shape index (κ2) is 6.60. The van der Waals surface area contributed by atoms with Gasteiger partial charge in [0, 0.05) is 19.3 Å². The predicted octanol–water partition coefficient (Wildman–Crippen LogP) is 2.32. The summed E-state index contributed by atoms with van der Waals surface area (Å²) in [4.78, 5) is 20.4. The van der Waals surface area contributed by atoms with E-state index in [1.54, 1.807) is 6.20 Å². The highest BCUT2D eigenvalue weighted by molar-refractivity contribution is 5.69. The molecular formula is C16H26N4O2. The number of aryl methyl sites for hydroxylation is 1. The number of ether oxygens (including phenoxy) is 1. The Kier molecular flexibility index (Phi) is 5.01. The molecule has 0 aliphatic heterocycles. The normalized spacial score (nSPS) is 16.7. The largest absolute Gasteiger partial charge is 0.444 e. The average molecular weight is 306 g/mol. The summed E-state index contributed by atoms with van der Waals surface area (Å²) in [5.74, 6) is 0.768. The summed E-state index contributed by atoms with van der Waals surface area (Å²) in [5.41, 5.74) is 0.296. The maximum absolute atomic E-state index is 12.0. The van der Waals surface area contributed by atoms with Gasteiger partial charge in [0.2, 0.25) is 0 Å². The standard InChI is InChI=1S/C16H26N4O2/c1-12-18-9-6-13(19-12)10-17-11-16(7-5-8-16)20-14(21)22-15(2,3)4/h6,9,17H,5,7-8,10-11H2,1-4H3,(H,20,21). The Morgan fingerprint density at radius 1 is 1.41 bits per heavy atom. The molecule has 0 saturated heterocycles. The molecular weight excluding hydrogens is 280 g/mol. The van der Waals surface area contributed by atoms with E-state index in [-0.39, 0.29) is 11.6 Å². The van der Waals surface area contributed by atoms with Gasteiger partial charge in [0.25, 0.3) is 0 Å². The van der Waals surface area contributed by atoms with Crippen LogP contribution in [0.3, 0.4) is 0 Å². The van der Waals surface area contributed by atoms with Gasteiger partial charge in [0.15, 0.2) is 0 Å². The topological polar surface area (TPSA) is 76.1 Å². The fourth-order valence-corrected chi connectivity index (χ4v) is 2.50. The van der Waals surface area contributed by atoms with Crippen molar-refractivity contribution >= 4 is 6.09 Å². The molecule has 1 aromatic rings. The van der Waals surface area contributed by atoms with Crippen molar-refractivity contribution in [2.45, 2.75) is 64.6 Å². The third-order valence-corrected chi connectivity index (χ3v) is 3.68. The molecule has 6 heteroatoms. The predicted molar refractivity (Wildman–Crippen MR) is 84.4 cm³/mol. The van der Waals surface area contributed by atoms with Crippen LogP contribution in [0.5, 0.6) is 0 Å². The van der Waals surface area contributed by atoms with Crippen molar-refractivity contribution in [3.63, 3.8) is 0 Å². The first-order valence-electron chi connectivity index (χ1n) is 7.78. The van der Waals surface area contributed by atoms with E-state index in [4.69, 9.17) is 4.74 Å². The van der Waals surface area contributed by atoms with E-state index >= 15 is 0 Å². The monoisotopic (exact) mass is 306 g/mol. The Morgan fingerprint density at radius 2 is 2.14 bits per heavy atom. The van der Waals surface area contributed by atoms with Crippen molar-refractivity contribution in [1.82, 2.24) is 20.6 Å². The van der Waals surface area contributed by atoms with Crippen LogP contribution < -0.4 is 10.6 Å². The molecule has 1 fully saturated rings. The quantitative estimate of drug-likeness (QED) is 0.873. The lowest BCUT2D eigenvalue weighted by Crippen LogP contribution is -2.59. The van der Waals surface area contributed by atoms with Gasteiger partial charge < -0.3 is 15.4 Å². The molecule has 0 unspecified atom stereocenters. The second-order valence-electron chi connectivity index (χ2n) is 6.96. The molecule has 1 aliphatic carbocycles. The average Bonchev–Trinajstić information content (AvgIpc) is 2.33. The Labute approximate surface area is 132 Å². The van der Waals surface area contributed by atoms with Gasteiger partial charge in [-0.05, 0) is 53.0 Å². The van der Waals surface area contributed by atoms with Gasteiger partial charge in [-0.1, -0.05) is 0 Å². The first-order valence-corrected chi connectivity index (χ1v) is 7.78. The Hall–Kier alpha value is -1.69. The molecule has 6 nitrogen and oxygen atoms in total. The fourth-order valence-electron chi connectivity index (χ4n) is 2.50. The number of rotatable bonds is 5. The lowest BCUT2D eigenvalue weighted by atomic mass is 9.76. The number of hydrogen-bond donors (Lipinski definition) is 2. The minimum Gasteiger partial charge on any atom is -0.444 e. The van der Waals surface area contributed by atoms with Crippen molar-refractivity contribution in [2.24, 2.45) is 0 Å². The summed E-state index contributed by atoms with van der Waals surface area (Å²) in [6.07, 6.45) is 4.50. The van der Waals surface area contributed by atoms with E-state index in [2.05, 4.69) is 20.6 Å². The van der Waals surface area contributed by atoms with Crippen molar-refractivity contribution in [1.29, 1.82) is 0 Å². The van der Waals surface area contributed by atoms with Gasteiger partial charge in [-0.2, -0.15) is 0 Å². The van der Waals surface area contributed by atoms with E-state index in [0.29, 0.717) is 6.54 Å². The Morgan fingerprint density at radius 3 is 2.68 bits per heavy atom. The van der Waals surface area contributed by atoms with Crippen LogP contribution >= 0.6 is 0 Å². The summed E-state index contributed by atoms with van der Waals surface area (Å²) in [6, 6.07) is 1.90. The molecule has 0 radical (unpaired) electrons. The number of nitrogens with one attached hydrogen (secondary N) is 2. The summed E-state index contributed by atoms with van der Waals surface area (Å²) in [6.45, 7) is 8.87. The first kappa shape index (κ1) is 16.7. The molecule has 0 aromatic carbocycles. The highest BCUT2D eigenvalue weighted by Crippen LogP contribution is 2.31. The number of alkyl carbamates (subject to hydrolysis) is 1. The van der Waals surface area contributed by atoms with Crippen LogP contribution in [0.2, 0.25) is 0 Å². The van der Waals surface area contributed by atoms with E-state index in [9.17, 15) is 4.79 Å². The van der Waals surface area contributed by atoms with Crippen LogP contribution in [-0.4, -0.2) is 33.7 Å². The minimum atomic E-state index is -0.471. The van der Waals surface area contributed by atoms with Crippen LogP contribution in [-0.2, 0) is 11.3 Å². The van der Waals surface area contributed by atoms with E-state index in [1.807, 2.05) is 33.8 Å². The van der Waals surface area contributed by atoms with Gasteiger partial charge in [-0.25, -0.2) is 14.8 Å². The van der Waals surface area contributed by atoms with Crippen molar-refractivity contribution < 1.29 is 9.53 Å². The molecule has 1 amide bonds. The third-order valence-electron chi connectivity index (χ3n) is 3.68. The number of hydrogen-bond acceptors (Lipinski definition) is 5. The zero-order valence-corrected chi connectivity index (χ0v) is 13.9. The lowest BCUT2D eigenvalue weighted by molar-refractivity contribution is 0.0382. The summed E-state index contributed by atoms with van der Waals surface area (Å²) in [7, 11) is 0. The third kappa shape index (κ3) is 4.94. The van der Waals surface area contributed by atoms with Crippen molar-refractivity contribution in [2.75, 3.05) is 6.54 Å². The Balaban J connectivity index is 1.82. The van der Waals surface area contributed by atoms with E-state index in [0.717, 1.165) is 37.3 Å². The molecule has 1 heterocycles. The van der Waals surface area contributed by atoms with Crippen LogP contribution in [0.15, 0.2) is 12.3 Å². The highest BCUT2D eigenvalue weighted by atomic mass is 16.6. The molecule has 2 N–H and O–H groups in total. The number of aromatic nitrogens is 2. The second-order valence-corrected chi connectivity index (χ2v) is 6.96. The smallest absolute Gasteiger partial charge is 0.408 e. The lowest BCUT2D eigenvalue weighted by Gasteiger charge is -2.42. The molecule has 1 saturated carbocycles. The van der Waals surface area contributed by atoms with Crippen molar-refractivity contribution in [3.05, 3.63) is 23.8 Å². The molecule has 0 spiro atoms. The number of carbonyl (C=O) groups excluding carboxylic acids is 1. The van der Waals surface area contributed by atoms with Gasteiger partial charge in [-0.3, -0.25) is 0 Å². The molecule has 1 aromatic heterocycles. The number of nitrogens with zero attached hydrogens (tertiary/aromatic N) is 2. The molecule has 0 bridgehead atoms. The Bertz CT molecular complexity index is 521.